The fourth-order valence-corrected chi connectivity index (χ4v) is 3.26. The molecule has 1 aromatic heterocycles. The lowest BCUT2D eigenvalue weighted by Crippen LogP contribution is -2.04. The number of hydrogen-bond acceptors (Lipinski definition) is 7. The third-order valence-corrected chi connectivity index (χ3v) is 5.09. The number of aryl methyl sites for hydroxylation is 1. The molecule has 0 aliphatic heterocycles. The van der Waals surface area contributed by atoms with Crippen LogP contribution >= 0.6 is 11.8 Å². The molecule has 3 aromatic rings. The predicted octanol–water partition coefficient (Wildman–Crippen LogP) is 3.75. The lowest BCUT2D eigenvalue weighted by atomic mass is 10.1. The first-order valence-electron chi connectivity index (χ1n) is 8.41. The van der Waals surface area contributed by atoms with E-state index < -0.39 is 4.92 Å². The zero-order valence-corrected chi connectivity index (χ0v) is 15.8. The van der Waals surface area contributed by atoms with Crippen molar-refractivity contribution in [2.45, 2.75) is 25.4 Å². The molecule has 0 amide bonds. The molecule has 0 atom stereocenters. The maximum Gasteiger partial charge on any atom is 0.269 e. The number of nitro groups is 1. The summed E-state index contributed by atoms with van der Waals surface area (Å²) in [4.78, 5) is 10.2. The molecule has 2 aromatic carbocycles. The van der Waals surface area contributed by atoms with Crippen molar-refractivity contribution in [3.63, 3.8) is 0 Å². The van der Waals surface area contributed by atoms with E-state index in [2.05, 4.69) is 35.4 Å². The van der Waals surface area contributed by atoms with E-state index in [1.807, 2.05) is 12.1 Å². The molecule has 0 radical (unpaired) electrons. The molecular formula is C18H19N5O3S. The van der Waals surface area contributed by atoms with Crippen LogP contribution in [0.25, 0.3) is 5.69 Å². The molecule has 1 heterocycles. The summed E-state index contributed by atoms with van der Waals surface area (Å²) < 4.78 is 7.37. The summed E-state index contributed by atoms with van der Waals surface area (Å²) >= 11 is 1.56. The number of thioether (sulfide) groups is 1. The van der Waals surface area contributed by atoms with Crippen molar-refractivity contribution in [1.29, 1.82) is 0 Å². The van der Waals surface area contributed by atoms with Gasteiger partial charge in [0.05, 0.1) is 17.2 Å². The molecule has 0 saturated carbocycles. The van der Waals surface area contributed by atoms with Gasteiger partial charge in [0.1, 0.15) is 5.75 Å². The van der Waals surface area contributed by atoms with Gasteiger partial charge >= 0.3 is 0 Å². The molecule has 0 aliphatic carbocycles. The number of ether oxygens (including phenoxy) is 1. The maximum atomic E-state index is 10.6. The molecule has 9 heteroatoms. The molecule has 8 nitrogen and oxygen atoms in total. The Balaban J connectivity index is 1.51. The van der Waals surface area contributed by atoms with Crippen LogP contribution < -0.4 is 4.74 Å². The van der Waals surface area contributed by atoms with Crippen LogP contribution in [0.1, 0.15) is 17.5 Å². The Morgan fingerprint density at radius 3 is 2.70 bits per heavy atom. The second-order valence-corrected chi connectivity index (χ2v) is 6.96. The standard InChI is InChI=1S/C18H19N5O3S/c1-13-5-3-6-17(14(13)2)22-18(19-20-21-22)27-12-4-11-26-16-9-7-15(8-10-16)23(24)25/h3,5-10H,4,11-12H2,1-2H3. The highest BCUT2D eigenvalue weighted by Crippen LogP contribution is 2.23. The van der Waals surface area contributed by atoms with Gasteiger partial charge in [-0.2, -0.15) is 4.68 Å². The molecule has 0 bridgehead atoms. The topological polar surface area (TPSA) is 96.0 Å². The van der Waals surface area contributed by atoms with Gasteiger partial charge in [0.25, 0.3) is 5.69 Å². The number of nitrogens with zero attached hydrogens (tertiary/aromatic N) is 5. The minimum absolute atomic E-state index is 0.0520. The summed E-state index contributed by atoms with van der Waals surface area (Å²) in [5.41, 5.74) is 3.37. The van der Waals surface area contributed by atoms with Gasteiger partial charge in [-0.05, 0) is 60.0 Å². The van der Waals surface area contributed by atoms with Gasteiger partial charge < -0.3 is 4.74 Å². The van der Waals surface area contributed by atoms with Crippen LogP contribution in [0.3, 0.4) is 0 Å². The highest BCUT2D eigenvalue weighted by atomic mass is 32.2. The van der Waals surface area contributed by atoms with Crippen molar-refractivity contribution in [2.24, 2.45) is 0 Å². The van der Waals surface area contributed by atoms with Gasteiger partial charge in [-0.15, -0.1) is 5.10 Å². The highest BCUT2D eigenvalue weighted by Gasteiger charge is 2.12. The number of tetrazole rings is 1. The van der Waals surface area contributed by atoms with Crippen molar-refractivity contribution in [3.8, 4) is 11.4 Å². The third-order valence-electron chi connectivity index (χ3n) is 4.08. The van der Waals surface area contributed by atoms with E-state index in [-0.39, 0.29) is 5.69 Å². The van der Waals surface area contributed by atoms with E-state index in [4.69, 9.17) is 4.74 Å². The lowest BCUT2D eigenvalue weighted by molar-refractivity contribution is -0.384. The molecule has 27 heavy (non-hydrogen) atoms. The average Bonchev–Trinajstić information content (AvgIpc) is 3.12. The Morgan fingerprint density at radius 2 is 1.96 bits per heavy atom. The number of rotatable bonds is 8. The number of aromatic nitrogens is 4. The summed E-state index contributed by atoms with van der Waals surface area (Å²) in [6.45, 7) is 4.63. The van der Waals surface area contributed by atoms with Crippen molar-refractivity contribution in [1.82, 2.24) is 20.2 Å². The van der Waals surface area contributed by atoms with Crippen LogP contribution in [0.15, 0.2) is 47.6 Å². The van der Waals surface area contributed by atoms with Gasteiger partial charge in [-0.25, -0.2) is 0 Å². The Kier molecular flexibility index (Phi) is 6.02. The first-order valence-corrected chi connectivity index (χ1v) is 9.40. The largest absolute Gasteiger partial charge is 0.494 e. The summed E-state index contributed by atoms with van der Waals surface area (Å²) in [6.07, 6.45) is 0.793. The molecule has 0 unspecified atom stereocenters. The SMILES string of the molecule is Cc1cccc(-n2nnnc2SCCCOc2ccc([N+](=O)[O-])cc2)c1C. The Morgan fingerprint density at radius 1 is 1.19 bits per heavy atom. The van der Waals surface area contributed by atoms with E-state index in [1.54, 1.807) is 28.6 Å². The number of benzene rings is 2. The Hall–Kier alpha value is -2.94. The van der Waals surface area contributed by atoms with Crippen molar-refractivity contribution < 1.29 is 9.66 Å². The maximum absolute atomic E-state index is 10.6. The van der Waals surface area contributed by atoms with Crippen LogP contribution in [-0.2, 0) is 0 Å². The van der Waals surface area contributed by atoms with E-state index >= 15 is 0 Å². The predicted molar refractivity (Wildman–Crippen MR) is 103 cm³/mol. The Labute approximate surface area is 160 Å². The van der Waals surface area contributed by atoms with Crippen molar-refractivity contribution in [2.75, 3.05) is 12.4 Å². The number of nitro benzene ring substituents is 1. The minimum Gasteiger partial charge on any atom is -0.494 e. The number of hydrogen-bond donors (Lipinski definition) is 0. The zero-order chi connectivity index (χ0) is 19.2. The zero-order valence-electron chi connectivity index (χ0n) is 15.0. The molecule has 140 valence electrons. The molecule has 0 aliphatic rings. The molecule has 3 rings (SSSR count). The summed E-state index contributed by atoms with van der Waals surface area (Å²) in [6, 6.07) is 12.1. The summed E-state index contributed by atoms with van der Waals surface area (Å²) in [5.74, 6) is 1.41. The highest BCUT2D eigenvalue weighted by molar-refractivity contribution is 7.99. The fraction of sp³-hybridized carbons (Fsp3) is 0.278. The lowest BCUT2D eigenvalue weighted by Gasteiger charge is -2.09. The second kappa shape index (κ2) is 8.63. The van der Waals surface area contributed by atoms with E-state index in [0.717, 1.165) is 28.6 Å². The van der Waals surface area contributed by atoms with Crippen LogP contribution in [0.2, 0.25) is 0 Å². The molecule has 0 N–H and O–H groups in total. The van der Waals surface area contributed by atoms with Crippen molar-refractivity contribution >= 4 is 17.4 Å². The smallest absolute Gasteiger partial charge is 0.269 e. The quantitative estimate of drug-likeness (QED) is 0.252. The van der Waals surface area contributed by atoms with Crippen LogP contribution in [0.4, 0.5) is 5.69 Å². The monoisotopic (exact) mass is 385 g/mol. The first-order chi connectivity index (χ1) is 13.1. The van der Waals surface area contributed by atoms with Crippen LogP contribution in [-0.4, -0.2) is 37.5 Å². The summed E-state index contributed by atoms with van der Waals surface area (Å²) in [7, 11) is 0. The Bertz CT molecular complexity index is 927. The molecular weight excluding hydrogens is 366 g/mol. The number of non-ortho nitro benzene ring substituents is 1. The second-order valence-electron chi connectivity index (χ2n) is 5.89. The van der Waals surface area contributed by atoms with Gasteiger partial charge in [-0.1, -0.05) is 23.9 Å². The van der Waals surface area contributed by atoms with Gasteiger partial charge in [-0.3, -0.25) is 10.1 Å². The fourth-order valence-electron chi connectivity index (χ4n) is 2.46. The average molecular weight is 385 g/mol. The van der Waals surface area contributed by atoms with E-state index in [0.29, 0.717) is 12.4 Å². The minimum atomic E-state index is -0.430. The normalized spacial score (nSPS) is 10.7. The van der Waals surface area contributed by atoms with Crippen LogP contribution in [0, 0.1) is 24.0 Å². The van der Waals surface area contributed by atoms with Gasteiger partial charge in [0, 0.05) is 17.9 Å². The van der Waals surface area contributed by atoms with Crippen molar-refractivity contribution in [3.05, 3.63) is 63.7 Å². The van der Waals surface area contributed by atoms with Gasteiger partial charge in [0.2, 0.25) is 5.16 Å². The first kappa shape index (κ1) is 18.8. The third kappa shape index (κ3) is 4.62. The van der Waals surface area contributed by atoms with Crippen LogP contribution in [0.5, 0.6) is 5.75 Å². The molecule has 0 saturated heterocycles. The van der Waals surface area contributed by atoms with Gasteiger partial charge in [0.15, 0.2) is 0 Å². The van der Waals surface area contributed by atoms with E-state index in [1.165, 1.54) is 17.7 Å². The molecule has 0 spiro atoms. The molecule has 0 fully saturated rings. The van der Waals surface area contributed by atoms with E-state index in [9.17, 15) is 10.1 Å². The summed E-state index contributed by atoms with van der Waals surface area (Å²) in [5, 5.41) is 23.4.